The summed E-state index contributed by atoms with van der Waals surface area (Å²) in [4.78, 5) is 4.20. The van der Waals surface area contributed by atoms with Gasteiger partial charge in [-0.3, -0.25) is 4.98 Å². The number of methoxy groups -OCH3 is 1. The Morgan fingerprint density at radius 2 is 2.06 bits per heavy atom. The number of rotatable bonds is 4. The van der Waals surface area contributed by atoms with Gasteiger partial charge < -0.3 is 9.84 Å². The molecule has 0 aliphatic heterocycles. The maximum Gasteiger partial charge on any atom is 0.0882 e. The lowest BCUT2D eigenvalue weighted by Gasteiger charge is -2.33. The van der Waals surface area contributed by atoms with Gasteiger partial charge in [-0.05, 0) is 17.5 Å². The number of hydrogen-bond donors (Lipinski definition) is 1. The molecule has 2 atom stereocenters. The largest absolute Gasteiger partial charge is 0.390 e. The summed E-state index contributed by atoms with van der Waals surface area (Å²) in [6.07, 6.45) is 1.55. The molecule has 90 valence electrons. The molecule has 0 saturated carbocycles. The zero-order valence-electron chi connectivity index (χ0n) is 10.5. The second-order valence-electron chi connectivity index (χ2n) is 5.11. The Morgan fingerprint density at radius 1 is 1.38 bits per heavy atom. The minimum atomic E-state index is -0.528. The molecular formula is C13H21NO2. The molecule has 0 radical (unpaired) electrons. The van der Waals surface area contributed by atoms with Gasteiger partial charge in [-0.1, -0.05) is 26.8 Å². The lowest BCUT2D eigenvalue weighted by atomic mass is 9.84. The van der Waals surface area contributed by atoms with Crippen molar-refractivity contribution in [1.82, 2.24) is 4.98 Å². The fourth-order valence-electron chi connectivity index (χ4n) is 1.93. The molecular weight excluding hydrogens is 202 g/mol. The monoisotopic (exact) mass is 223 g/mol. The van der Waals surface area contributed by atoms with Gasteiger partial charge >= 0.3 is 0 Å². The Balaban J connectivity index is 2.67. The van der Waals surface area contributed by atoms with Gasteiger partial charge in [0.25, 0.3) is 0 Å². The molecule has 1 heterocycles. The van der Waals surface area contributed by atoms with Gasteiger partial charge in [-0.2, -0.15) is 0 Å². The molecule has 16 heavy (non-hydrogen) atoms. The molecule has 0 fully saturated rings. The van der Waals surface area contributed by atoms with Crippen LogP contribution >= 0.6 is 0 Å². The molecule has 0 bridgehead atoms. The van der Waals surface area contributed by atoms with Crippen molar-refractivity contribution in [1.29, 1.82) is 0 Å². The van der Waals surface area contributed by atoms with Crippen LogP contribution in [0.4, 0.5) is 0 Å². The Hall–Kier alpha value is -0.930. The summed E-state index contributed by atoms with van der Waals surface area (Å²) in [7, 11) is 1.64. The van der Waals surface area contributed by atoms with E-state index in [9.17, 15) is 5.11 Å². The van der Waals surface area contributed by atoms with Gasteiger partial charge in [0.1, 0.15) is 0 Å². The standard InChI is InChI=1S/C13H21NO2/c1-13(2,3)12(16-4)11(15)9-10-7-5-6-8-14-10/h5-8,11-12,15H,9H2,1-4H3. The van der Waals surface area contributed by atoms with Crippen molar-refractivity contribution in [3.05, 3.63) is 30.1 Å². The molecule has 0 aliphatic carbocycles. The number of aliphatic hydroxyl groups excluding tert-OH is 1. The van der Waals surface area contributed by atoms with Gasteiger partial charge in [0.15, 0.2) is 0 Å². The molecule has 2 unspecified atom stereocenters. The summed E-state index contributed by atoms with van der Waals surface area (Å²) in [6.45, 7) is 6.18. The highest BCUT2D eigenvalue weighted by Gasteiger charge is 2.31. The van der Waals surface area contributed by atoms with Crippen LogP contribution in [-0.2, 0) is 11.2 Å². The van der Waals surface area contributed by atoms with Gasteiger partial charge in [0.05, 0.1) is 12.2 Å². The van der Waals surface area contributed by atoms with Crippen molar-refractivity contribution in [2.75, 3.05) is 7.11 Å². The van der Waals surface area contributed by atoms with Crippen LogP contribution in [0.15, 0.2) is 24.4 Å². The molecule has 0 amide bonds. The first-order valence-corrected chi connectivity index (χ1v) is 5.56. The van der Waals surface area contributed by atoms with Crippen LogP contribution < -0.4 is 0 Å². The number of nitrogens with zero attached hydrogens (tertiary/aromatic N) is 1. The summed E-state index contributed by atoms with van der Waals surface area (Å²) in [5, 5.41) is 10.1. The van der Waals surface area contributed by atoms with E-state index in [0.29, 0.717) is 6.42 Å². The normalized spacial score (nSPS) is 15.8. The molecule has 1 N–H and O–H groups in total. The average molecular weight is 223 g/mol. The average Bonchev–Trinajstić information content (AvgIpc) is 2.17. The Labute approximate surface area is 97.5 Å². The number of aromatic nitrogens is 1. The summed E-state index contributed by atoms with van der Waals surface area (Å²) >= 11 is 0. The predicted molar refractivity (Wildman–Crippen MR) is 64.2 cm³/mol. The van der Waals surface area contributed by atoms with E-state index >= 15 is 0 Å². The molecule has 1 rings (SSSR count). The highest BCUT2D eigenvalue weighted by molar-refractivity contribution is 5.05. The summed E-state index contributed by atoms with van der Waals surface area (Å²) in [5.41, 5.74) is 0.810. The Bertz CT molecular complexity index is 305. The van der Waals surface area contributed by atoms with Gasteiger partial charge in [0, 0.05) is 25.4 Å². The maximum atomic E-state index is 10.1. The Morgan fingerprint density at radius 3 is 2.50 bits per heavy atom. The first-order valence-electron chi connectivity index (χ1n) is 5.56. The smallest absolute Gasteiger partial charge is 0.0882 e. The molecule has 0 spiro atoms. The van der Waals surface area contributed by atoms with Crippen molar-refractivity contribution < 1.29 is 9.84 Å². The number of aliphatic hydroxyl groups is 1. The SMILES string of the molecule is COC(C(O)Cc1ccccn1)C(C)(C)C. The fourth-order valence-corrected chi connectivity index (χ4v) is 1.93. The van der Waals surface area contributed by atoms with E-state index < -0.39 is 6.10 Å². The predicted octanol–water partition coefficient (Wildman–Crippen LogP) is 2.05. The van der Waals surface area contributed by atoms with Gasteiger partial charge in [0.2, 0.25) is 0 Å². The zero-order valence-corrected chi connectivity index (χ0v) is 10.5. The van der Waals surface area contributed by atoms with E-state index in [1.165, 1.54) is 0 Å². The summed E-state index contributed by atoms with van der Waals surface area (Å²) in [5.74, 6) is 0. The van der Waals surface area contributed by atoms with Crippen LogP contribution in [0.2, 0.25) is 0 Å². The van der Waals surface area contributed by atoms with Crippen LogP contribution in [0.25, 0.3) is 0 Å². The van der Waals surface area contributed by atoms with Gasteiger partial charge in [-0.15, -0.1) is 0 Å². The van der Waals surface area contributed by atoms with Crippen molar-refractivity contribution in [3.8, 4) is 0 Å². The molecule has 1 aromatic heterocycles. The van der Waals surface area contributed by atoms with E-state index in [0.717, 1.165) is 5.69 Å². The lowest BCUT2D eigenvalue weighted by molar-refractivity contribution is -0.0702. The topological polar surface area (TPSA) is 42.4 Å². The molecule has 0 saturated heterocycles. The van der Waals surface area contributed by atoms with Crippen LogP contribution in [0.3, 0.4) is 0 Å². The molecule has 3 nitrogen and oxygen atoms in total. The van der Waals surface area contributed by atoms with E-state index in [1.807, 2.05) is 18.2 Å². The minimum absolute atomic E-state index is 0.0804. The van der Waals surface area contributed by atoms with Crippen molar-refractivity contribution >= 4 is 0 Å². The molecule has 0 aromatic carbocycles. The summed E-state index contributed by atoms with van der Waals surface area (Å²) < 4.78 is 5.37. The van der Waals surface area contributed by atoms with Crippen molar-refractivity contribution in [2.45, 2.75) is 39.4 Å². The van der Waals surface area contributed by atoms with E-state index in [-0.39, 0.29) is 11.5 Å². The lowest BCUT2D eigenvalue weighted by Crippen LogP contribution is -2.40. The van der Waals surface area contributed by atoms with Crippen LogP contribution in [0.1, 0.15) is 26.5 Å². The fraction of sp³-hybridized carbons (Fsp3) is 0.615. The highest BCUT2D eigenvalue weighted by Crippen LogP contribution is 2.25. The number of hydrogen-bond acceptors (Lipinski definition) is 3. The molecule has 1 aromatic rings. The molecule has 3 heteroatoms. The van der Waals surface area contributed by atoms with Gasteiger partial charge in [-0.25, -0.2) is 0 Å². The molecule has 0 aliphatic rings. The number of pyridine rings is 1. The third kappa shape index (κ3) is 3.58. The highest BCUT2D eigenvalue weighted by atomic mass is 16.5. The second-order valence-corrected chi connectivity index (χ2v) is 5.11. The second kappa shape index (κ2) is 5.41. The Kier molecular flexibility index (Phi) is 4.44. The van der Waals surface area contributed by atoms with E-state index in [2.05, 4.69) is 25.8 Å². The quantitative estimate of drug-likeness (QED) is 0.849. The first-order chi connectivity index (χ1) is 7.45. The third-order valence-electron chi connectivity index (χ3n) is 2.60. The maximum absolute atomic E-state index is 10.1. The number of ether oxygens (including phenoxy) is 1. The third-order valence-corrected chi connectivity index (χ3v) is 2.60. The van der Waals surface area contributed by atoms with Crippen molar-refractivity contribution in [2.24, 2.45) is 5.41 Å². The van der Waals surface area contributed by atoms with E-state index in [4.69, 9.17) is 4.74 Å². The minimum Gasteiger partial charge on any atom is -0.390 e. The van der Waals surface area contributed by atoms with Crippen LogP contribution in [0.5, 0.6) is 0 Å². The van der Waals surface area contributed by atoms with E-state index in [1.54, 1.807) is 13.3 Å². The van der Waals surface area contributed by atoms with Crippen LogP contribution in [-0.4, -0.2) is 29.4 Å². The first kappa shape index (κ1) is 13.1. The van der Waals surface area contributed by atoms with Crippen LogP contribution in [0, 0.1) is 5.41 Å². The summed E-state index contributed by atoms with van der Waals surface area (Å²) in [6, 6.07) is 5.71. The zero-order chi connectivity index (χ0) is 12.2. The van der Waals surface area contributed by atoms with Crippen molar-refractivity contribution in [3.63, 3.8) is 0 Å².